The fourth-order valence-electron chi connectivity index (χ4n) is 0.105. The van der Waals surface area contributed by atoms with Crippen LogP contribution in [-0.4, -0.2) is 24.4 Å². The van der Waals surface area contributed by atoms with E-state index in [0.717, 1.165) is 0 Å². The molecule has 0 saturated heterocycles. The molecule has 0 aliphatic carbocycles. The summed E-state index contributed by atoms with van der Waals surface area (Å²) in [6.07, 6.45) is 1.75. The minimum Gasteiger partial charge on any atom is -0.335 e. The molecule has 2 heteroatoms. The summed E-state index contributed by atoms with van der Waals surface area (Å²) in [7, 11) is 1.71. The molecule has 0 aromatic rings. The van der Waals surface area contributed by atoms with Gasteiger partial charge >= 0.3 is 6.41 Å². The molecule has 0 rings (SSSR count). The molecule has 0 spiro atoms. The van der Waals surface area contributed by atoms with Crippen molar-refractivity contribution in [2.24, 2.45) is 0 Å². The smallest absolute Gasteiger partial charge is 0.312 e. The van der Waals surface area contributed by atoms with Gasteiger partial charge in [-0.2, -0.15) is 0 Å². The molecule has 0 aliphatic rings. The average molecular weight is 100 g/mol. The first-order valence-corrected chi connectivity index (χ1v) is 2.29. The zero-order valence-corrected chi connectivity index (χ0v) is 4.93. The molecule has 0 atom stereocenters. The largest absolute Gasteiger partial charge is 0.335 e. The number of hydrogen-bond donors (Lipinski definition) is 0. The van der Waals surface area contributed by atoms with Crippen LogP contribution in [0.2, 0.25) is 0 Å². The lowest BCUT2D eigenvalue weighted by molar-refractivity contribution is 0.379. The molecular formula is C5H10NO. The Labute approximate surface area is 44.1 Å². The topological polar surface area (TPSA) is 20.3 Å². The molecule has 1 amide bonds. The lowest BCUT2D eigenvalue weighted by Crippen LogP contribution is -2.23. The summed E-state index contributed by atoms with van der Waals surface area (Å²) in [5, 5.41) is 0. The first-order valence-electron chi connectivity index (χ1n) is 2.29. The number of nitrogens with zero attached hydrogens (tertiary/aromatic N) is 1. The fourth-order valence-corrected chi connectivity index (χ4v) is 0.105. The summed E-state index contributed by atoms with van der Waals surface area (Å²) >= 11 is 0. The molecular weight excluding hydrogens is 90.1 g/mol. The fraction of sp³-hybridized carbons (Fsp3) is 0.800. The monoisotopic (exact) mass is 100 g/mol. The van der Waals surface area contributed by atoms with E-state index in [-0.39, 0.29) is 6.04 Å². The van der Waals surface area contributed by atoms with Crippen LogP contribution in [0.3, 0.4) is 0 Å². The van der Waals surface area contributed by atoms with Crippen molar-refractivity contribution in [2.75, 3.05) is 7.05 Å². The van der Waals surface area contributed by atoms with Crippen molar-refractivity contribution in [3.8, 4) is 0 Å². The Morgan fingerprint density at radius 1 is 1.57 bits per heavy atom. The minimum absolute atomic E-state index is 0.275. The van der Waals surface area contributed by atoms with Crippen LogP contribution < -0.4 is 0 Å². The third-order valence-corrected chi connectivity index (χ3v) is 0.919. The Kier molecular flexibility index (Phi) is 2.41. The predicted octanol–water partition coefficient (Wildman–Crippen LogP) is 0.394. The van der Waals surface area contributed by atoms with Crippen LogP contribution in [0.1, 0.15) is 13.8 Å². The highest BCUT2D eigenvalue weighted by atomic mass is 16.1. The standard InChI is InChI=1S/C5H10NO/c1-5(2)6(3)4-7/h5H,1-3H3. The van der Waals surface area contributed by atoms with Crippen LogP contribution in [-0.2, 0) is 4.79 Å². The van der Waals surface area contributed by atoms with E-state index in [0.29, 0.717) is 0 Å². The first kappa shape index (κ1) is 6.47. The summed E-state index contributed by atoms with van der Waals surface area (Å²) in [6, 6.07) is 0.275. The van der Waals surface area contributed by atoms with E-state index in [2.05, 4.69) is 0 Å². The van der Waals surface area contributed by atoms with E-state index < -0.39 is 0 Å². The maximum absolute atomic E-state index is 9.75. The number of carbonyl (C=O) groups excluding carboxylic acids is 1. The summed E-state index contributed by atoms with van der Waals surface area (Å²) in [5.41, 5.74) is 0. The molecule has 0 N–H and O–H groups in total. The lowest BCUT2D eigenvalue weighted by atomic mass is 10.4. The maximum Gasteiger partial charge on any atom is 0.312 e. The lowest BCUT2D eigenvalue weighted by Gasteiger charge is -2.12. The quantitative estimate of drug-likeness (QED) is 0.460. The van der Waals surface area contributed by atoms with Gasteiger partial charge < -0.3 is 4.90 Å². The highest BCUT2D eigenvalue weighted by molar-refractivity contribution is 5.47. The van der Waals surface area contributed by atoms with Gasteiger partial charge in [0.25, 0.3) is 0 Å². The molecule has 7 heavy (non-hydrogen) atoms. The molecule has 0 unspecified atom stereocenters. The maximum atomic E-state index is 9.75. The molecule has 0 aromatic carbocycles. The minimum atomic E-state index is 0.275. The van der Waals surface area contributed by atoms with Gasteiger partial charge in [-0.25, -0.2) is 0 Å². The zero-order valence-electron chi connectivity index (χ0n) is 4.93. The van der Waals surface area contributed by atoms with Crippen LogP contribution in [0.25, 0.3) is 0 Å². The van der Waals surface area contributed by atoms with Gasteiger partial charge in [-0.15, -0.1) is 0 Å². The molecule has 1 radical (unpaired) electrons. The van der Waals surface area contributed by atoms with E-state index in [1.165, 1.54) is 4.90 Å². The van der Waals surface area contributed by atoms with Gasteiger partial charge in [0.2, 0.25) is 0 Å². The number of hydrogen-bond acceptors (Lipinski definition) is 1. The van der Waals surface area contributed by atoms with E-state index in [4.69, 9.17) is 0 Å². The molecule has 0 saturated carbocycles. The van der Waals surface area contributed by atoms with Gasteiger partial charge in [-0.3, -0.25) is 4.79 Å². The van der Waals surface area contributed by atoms with Crippen molar-refractivity contribution in [1.29, 1.82) is 0 Å². The Morgan fingerprint density at radius 2 is 2.00 bits per heavy atom. The van der Waals surface area contributed by atoms with Crippen molar-refractivity contribution in [3.05, 3.63) is 0 Å². The van der Waals surface area contributed by atoms with Gasteiger partial charge in [0.05, 0.1) is 0 Å². The third kappa shape index (κ3) is 2.20. The van der Waals surface area contributed by atoms with E-state index >= 15 is 0 Å². The highest BCUT2D eigenvalue weighted by Gasteiger charge is 1.96. The summed E-state index contributed by atoms with van der Waals surface area (Å²) < 4.78 is 0. The van der Waals surface area contributed by atoms with Gasteiger partial charge in [-0.1, -0.05) is 0 Å². The van der Waals surface area contributed by atoms with Crippen molar-refractivity contribution in [2.45, 2.75) is 19.9 Å². The van der Waals surface area contributed by atoms with Crippen LogP contribution in [0.4, 0.5) is 0 Å². The Balaban J connectivity index is 3.33. The Morgan fingerprint density at radius 3 is 2.00 bits per heavy atom. The van der Waals surface area contributed by atoms with Crippen molar-refractivity contribution in [3.63, 3.8) is 0 Å². The Hall–Kier alpha value is -0.530. The molecule has 41 valence electrons. The number of rotatable bonds is 2. The molecule has 0 aromatic heterocycles. The average Bonchev–Trinajstić information content (AvgIpc) is 1.65. The number of amides is 1. The predicted molar refractivity (Wildman–Crippen MR) is 28.6 cm³/mol. The highest BCUT2D eigenvalue weighted by Crippen LogP contribution is 1.85. The second-order valence-corrected chi connectivity index (χ2v) is 1.80. The third-order valence-electron chi connectivity index (χ3n) is 0.919. The van der Waals surface area contributed by atoms with Crippen LogP contribution in [0.5, 0.6) is 0 Å². The second-order valence-electron chi connectivity index (χ2n) is 1.80. The summed E-state index contributed by atoms with van der Waals surface area (Å²) in [6.45, 7) is 3.87. The summed E-state index contributed by atoms with van der Waals surface area (Å²) in [5.74, 6) is 0. The summed E-state index contributed by atoms with van der Waals surface area (Å²) in [4.78, 5) is 11.2. The second kappa shape index (κ2) is 2.61. The molecule has 0 bridgehead atoms. The molecule has 2 nitrogen and oxygen atoms in total. The SMILES string of the molecule is CC(C)N(C)[C]=O. The molecule has 0 heterocycles. The first-order chi connectivity index (χ1) is 3.18. The van der Waals surface area contributed by atoms with E-state index in [1.54, 1.807) is 13.5 Å². The van der Waals surface area contributed by atoms with E-state index in [9.17, 15) is 4.79 Å². The molecule has 0 fully saturated rings. The van der Waals surface area contributed by atoms with Crippen LogP contribution in [0.15, 0.2) is 0 Å². The molecule has 0 aliphatic heterocycles. The van der Waals surface area contributed by atoms with E-state index in [1.807, 2.05) is 13.8 Å². The normalized spacial score (nSPS) is 9.14. The van der Waals surface area contributed by atoms with Crippen LogP contribution >= 0.6 is 0 Å². The zero-order chi connectivity index (χ0) is 5.86. The van der Waals surface area contributed by atoms with Gasteiger partial charge in [-0.05, 0) is 13.8 Å². The van der Waals surface area contributed by atoms with Crippen molar-refractivity contribution >= 4 is 6.41 Å². The van der Waals surface area contributed by atoms with Gasteiger partial charge in [0.15, 0.2) is 0 Å². The van der Waals surface area contributed by atoms with Crippen molar-refractivity contribution < 1.29 is 4.79 Å². The Bertz CT molecular complexity index is 61.1. The van der Waals surface area contributed by atoms with Crippen molar-refractivity contribution in [1.82, 2.24) is 4.90 Å². The van der Waals surface area contributed by atoms with Gasteiger partial charge in [0, 0.05) is 13.1 Å². The van der Waals surface area contributed by atoms with Crippen LogP contribution in [0, 0.1) is 0 Å². The van der Waals surface area contributed by atoms with Gasteiger partial charge in [0.1, 0.15) is 0 Å².